The van der Waals surface area contributed by atoms with Crippen LogP contribution >= 0.6 is 0 Å². The lowest BCUT2D eigenvalue weighted by atomic mass is 10.0. The Bertz CT molecular complexity index is 491. The normalized spacial score (nSPS) is 12.3. The van der Waals surface area contributed by atoms with Gasteiger partial charge in [0, 0.05) is 0 Å². The van der Waals surface area contributed by atoms with E-state index in [0.29, 0.717) is 18.8 Å². The molecule has 0 aromatic rings. The summed E-state index contributed by atoms with van der Waals surface area (Å²) >= 11 is 0. The summed E-state index contributed by atoms with van der Waals surface area (Å²) in [6.07, 6.45) is 0.652. The van der Waals surface area contributed by atoms with E-state index in [9.17, 15) is 19.2 Å². The lowest BCUT2D eigenvalue weighted by Crippen LogP contribution is -2.43. The maximum atomic E-state index is 12.2. The molecule has 0 rings (SSSR count). The van der Waals surface area contributed by atoms with Gasteiger partial charge in [-0.2, -0.15) is 0 Å². The molecule has 8 nitrogen and oxygen atoms in total. The third-order valence-corrected chi connectivity index (χ3v) is 3.48. The molecule has 0 spiro atoms. The van der Waals surface area contributed by atoms with Gasteiger partial charge in [0.15, 0.2) is 0 Å². The largest absolute Gasteiger partial charge is 0.427 e. The van der Waals surface area contributed by atoms with Gasteiger partial charge in [-0.05, 0) is 38.6 Å². The molecular formula is C20H40N2O6. The Morgan fingerprint density at radius 1 is 0.821 bits per heavy atom. The summed E-state index contributed by atoms with van der Waals surface area (Å²) in [7, 11) is 1.66. The number of carbonyl (C=O) groups is 4. The Morgan fingerprint density at radius 2 is 1.25 bits per heavy atom. The van der Waals surface area contributed by atoms with Crippen LogP contribution in [0.25, 0.3) is 0 Å². The first-order valence-electron chi connectivity index (χ1n) is 8.86. The van der Waals surface area contributed by atoms with Crippen molar-refractivity contribution in [2.24, 2.45) is 11.8 Å². The number of ether oxygens (including phenoxy) is 2. The molecular weight excluding hydrogens is 364 g/mol. The van der Waals surface area contributed by atoms with Crippen molar-refractivity contribution in [3.8, 4) is 0 Å². The van der Waals surface area contributed by atoms with Crippen LogP contribution < -0.4 is 10.6 Å². The fraction of sp³-hybridized carbons (Fsp3) is 0.800. The summed E-state index contributed by atoms with van der Waals surface area (Å²) in [6, 6.07) is -1.37. The van der Waals surface area contributed by atoms with Crippen molar-refractivity contribution in [3.05, 3.63) is 0 Å². The van der Waals surface area contributed by atoms with Gasteiger partial charge in [-0.25, -0.2) is 4.79 Å². The highest BCUT2D eigenvalue weighted by Gasteiger charge is 2.25. The van der Waals surface area contributed by atoms with Crippen LogP contribution in [0.5, 0.6) is 0 Å². The van der Waals surface area contributed by atoms with Crippen molar-refractivity contribution >= 4 is 23.6 Å². The smallest absolute Gasteiger partial charge is 0.331 e. The summed E-state index contributed by atoms with van der Waals surface area (Å²) in [5.41, 5.74) is 0. The molecule has 0 saturated carbocycles. The molecule has 166 valence electrons. The number of esters is 2. The van der Waals surface area contributed by atoms with Crippen LogP contribution in [0.4, 0.5) is 0 Å². The Hall–Kier alpha value is -1.96. The number of nitrogens with one attached hydrogen (secondary N) is 2. The van der Waals surface area contributed by atoms with E-state index in [-0.39, 0.29) is 33.0 Å². The molecule has 0 aromatic heterocycles. The average Bonchev–Trinajstić information content (AvgIpc) is 2.50. The Labute approximate surface area is 170 Å². The minimum absolute atomic E-state index is 0. The van der Waals surface area contributed by atoms with Gasteiger partial charge >= 0.3 is 11.9 Å². The number of rotatable bonds is 12. The summed E-state index contributed by atoms with van der Waals surface area (Å²) in [6.45, 7) is 8.52. The van der Waals surface area contributed by atoms with E-state index in [1.165, 1.54) is 6.92 Å². The second-order valence-corrected chi connectivity index (χ2v) is 7.14. The third kappa shape index (κ3) is 14.1. The summed E-state index contributed by atoms with van der Waals surface area (Å²) in [4.78, 5) is 46.9. The number of hydrogen-bond acceptors (Lipinski definition) is 7. The first-order chi connectivity index (χ1) is 12.1. The van der Waals surface area contributed by atoms with Crippen LogP contribution in [-0.4, -0.2) is 49.6 Å². The van der Waals surface area contributed by atoms with Gasteiger partial charge in [-0.3, -0.25) is 14.4 Å². The number of carbonyl (C=O) groups excluding carboxylic acids is 4. The number of hydrogen-bond donors (Lipinski definition) is 2. The zero-order valence-electron chi connectivity index (χ0n) is 16.6. The molecule has 8 heteroatoms. The second kappa shape index (κ2) is 16.0. The standard InChI is InChI=1S/C18H32N2O6.2CH4/c1-11(2)7-14(19-6)17(23)25-10-26-18(24)15(8-12(3)4)20-16(22)9-13(5)21;;/h11-12,14-15,19H,7-10H2,1-6H3,(H,20,22);2*1H4. The minimum Gasteiger partial charge on any atom is -0.427 e. The summed E-state index contributed by atoms with van der Waals surface area (Å²) in [5.74, 6) is -1.62. The van der Waals surface area contributed by atoms with E-state index in [2.05, 4.69) is 10.6 Å². The van der Waals surface area contributed by atoms with Crippen LogP contribution in [0.1, 0.15) is 68.7 Å². The Kier molecular flexibility index (Phi) is 17.6. The maximum absolute atomic E-state index is 12.2. The van der Waals surface area contributed by atoms with Crippen molar-refractivity contribution in [3.63, 3.8) is 0 Å². The predicted molar refractivity (Wildman–Crippen MR) is 109 cm³/mol. The highest BCUT2D eigenvalue weighted by atomic mass is 16.7. The van der Waals surface area contributed by atoms with Gasteiger partial charge in [0.25, 0.3) is 0 Å². The highest BCUT2D eigenvalue weighted by molar-refractivity contribution is 5.98. The van der Waals surface area contributed by atoms with Crippen LogP contribution in [0.15, 0.2) is 0 Å². The fourth-order valence-electron chi connectivity index (χ4n) is 2.31. The van der Waals surface area contributed by atoms with E-state index in [0.717, 1.165) is 0 Å². The van der Waals surface area contributed by atoms with Gasteiger partial charge in [0.1, 0.15) is 17.9 Å². The van der Waals surface area contributed by atoms with E-state index >= 15 is 0 Å². The van der Waals surface area contributed by atoms with Crippen molar-refractivity contribution in [2.45, 2.75) is 80.8 Å². The second-order valence-electron chi connectivity index (χ2n) is 7.14. The summed E-state index contributed by atoms with van der Waals surface area (Å²) < 4.78 is 9.95. The van der Waals surface area contributed by atoms with Crippen molar-refractivity contribution < 1.29 is 28.7 Å². The SMILES string of the molecule is C.C.CNC(CC(C)C)C(=O)OCOC(=O)C(CC(C)C)NC(=O)CC(C)=O. The molecule has 0 radical (unpaired) electrons. The van der Waals surface area contributed by atoms with E-state index in [1.54, 1.807) is 7.05 Å². The fourth-order valence-corrected chi connectivity index (χ4v) is 2.31. The van der Waals surface area contributed by atoms with E-state index in [4.69, 9.17) is 9.47 Å². The van der Waals surface area contributed by atoms with Crippen LogP contribution in [0, 0.1) is 11.8 Å². The highest BCUT2D eigenvalue weighted by Crippen LogP contribution is 2.08. The molecule has 0 aliphatic heterocycles. The van der Waals surface area contributed by atoms with Gasteiger partial charge in [0.05, 0.1) is 6.42 Å². The van der Waals surface area contributed by atoms with Crippen LogP contribution in [0.3, 0.4) is 0 Å². The first kappa shape index (κ1) is 30.8. The Balaban J connectivity index is -0.00000312. The average molecular weight is 405 g/mol. The molecule has 0 aromatic carbocycles. The number of Topliss-reactive ketones (excluding diaryl/α,β-unsaturated/α-hetero) is 1. The lowest BCUT2D eigenvalue weighted by molar-refractivity contribution is -0.171. The predicted octanol–water partition coefficient (Wildman–Crippen LogP) is 2.45. The van der Waals surface area contributed by atoms with Crippen molar-refractivity contribution in [1.82, 2.24) is 10.6 Å². The number of amides is 1. The van der Waals surface area contributed by atoms with Crippen LogP contribution in [0.2, 0.25) is 0 Å². The maximum Gasteiger partial charge on any atom is 0.331 e. The zero-order valence-corrected chi connectivity index (χ0v) is 16.6. The van der Waals surface area contributed by atoms with E-state index in [1.807, 2.05) is 27.7 Å². The molecule has 2 atom stereocenters. The van der Waals surface area contributed by atoms with Gasteiger partial charge in [0.2, 0.25) is 12.7 Å². The molecule has 2 unspecified atom stereocenters. The molecule has 0 fully saturated rings. The molecule has 2 N–H and O–H groups in total. The molecule has 0 aliphatic rings. The van der Waals surface area contributed by atoms with Crippen molar-refractivity contribution in [1.29, 1.82) is 0 Å². The topological polar surface area (TPSA) is 111 Å². The molecule has 28 heavy (non-hydrogen) atoms. The Morgan fingerprint density at radius 3 is 1.64 bits per heavy atom. The monoisotopic (exact) mass is 404 g/mol. The third-order valence-electron chi connectivity index (χ3n) is 3.48. The summed E-state index contributed by atoms with van der Waals surface area (Å²) in [5, 5.41) is 5.35. The first-order valence-corrected chi connectivity index (χ1v) is 8.86. The van der Waals surface area contributed by atoms with Gasteiger partial charge in [-0.1, -0.05) is 42.5 Å². The van der Waals surface area contributed by atoms with Gasteiger partial charge in [-0.15, -0.1) is 0 Å². The molecule has 0 aliphatic carbocycles. The molecule has 0 saturated heterocycles. The van der Waals surface area contributed by atoms with E-state index < -0.39 is 36.7 Å². The quantitative estimate of drug-likeness (QED) is 0.292. The molecule has 0 bridgehead atoms. The zero-order chi connectivity index (χ0) is 20.3. The number of ketones is 1. The molecule has 0 heterocycles. The number of likely N-dealkylation sites (N-methyl/N-ethyl adjacent to an activating group) is 1. The minimum atomic E-state index is -0.892. The molecule has 1 amide bonds. The van der Waals surface area contributed by atoms with Crippen LogP contribution in [-0.2, 0) is 28.7 Å². The van der Waals surface area contributed by atoms with Gasteiger partial charge < -0.3 is 20.1 Å². The van der Waals surface area contributed by atoms with Crippen molar-refractivity contribution in [2.75, 3.05) is 13.8 Å². The lowest BCUT2D eigenvalue weighted by Gasteiger charge is -2.20.